The van der Waals surface area contributed by atoms with Gasteiger partial charge in [0.25, 0.3) is 0 Å². The Morgan fingerprint density at radius 3 is 2.18 bits per heavy atom. The highest BCUT2D eigenvalue weighted by Crippen LogP contribution is 2.24. The van der Waals surface area contributed by atoms with Crippen LogP contribution in [0.5, 0.6) is 0 Å². The summed E-state index contributed by atoms with van der Waals surface area (Å²) in [4.78, 5) is 0. The maximum Gasteiger partial charge on any atom is 0.186 e. The lowest BCUT2D eigenvalue weighted by molar-refractivity contribution is -0.312. The van der Waals surface area contributed by atoms with E-state index in [0.29, 0.717) is 12.8 Å². The number of allylic oxidation sites excluding steroid dienone is 3. The van der Waals surface area contributed by atoms with Crippen LogP contribution in [0.1, 0.15) is 19.3 Å². The summed E-state index contributed by atoms with van der Waals surface area (Å²) >= 11 is 0. The Bertz CT molecular complexity index is 607. The van der Waals surface area contributed by atoms with E-state index in [-0.39, 0.29) is 19.6 Å². The molecular formula is C20H28O8. The fraction of sp³-hybridized carbons (Fsp3) is 0.600. The van der Waals surface area contributed by atoms with E-state index in [9.17, 15) is 25.5 Å². The minimum absolute atomic E-state index is 0.0672. The van der Waals surface area contributed by atoms with E-state index in [1.807, 2.05) is 0 Å². The van der Waals surface area contributed by atoms with Gasteiger partial charge in [0.05, 0.1) is 19.3 Å². The molecule has 0 aromatic rings. The molecule has 1 aliphatic heterocycles. The second kappa shape index (κ2) is 14.3. The summed E-state index contributed by atoms with van der Waals surface area (Å²) in [6.07, 6.45) is 0.660. The highest BCUT2D eigenvalue weighted by atomic mass is 16.7. The van der Waals surface area contributed by atoms with Crippen molar-refractivity contribution in [3.8, 4) is 23.7 Å². The number of ether oxygens (including phenoxy) is 2. The van der Waals surface area contributed by atoms with E-state index in [2.05, 4.69) is 23.7 Å². The summed E-state index contributed by atoms with van der Waals surface area (Å²) < 4.78 is 11.0. The fourth-order valence-corrected chi connectivity index (χ4v) is 2.49. The fourth-order valence-electron chi connectivity index (χ4n) is 2.49. The van der Waals surface area contributed by atoms with Crippen LogP contribution in [0.2, 0.25) is 0 Å². The van der Waals surface area contributed by atoms with Crippen LogP contribution in [0, 0.1) is 23.7 Å². The summed E-state index contributed by atoms with van der Waals surface area (Å²) in [7, 11) is 0. The van der Waals surface area contributed by atoms with E-state index < -0.39 is 43.4 Å². The zero-order valence-electron chi connectivity index (χ0n) is 15.5. The Morgan fingerprint density at radius 2 is 1.57 bits per heavy atom. The highest BCUT2D eigenvalue weighted by Gasteiger charge is 2.44. The molecule has 1 saturated heterocycles. The van der Waals surface area contributed by atoms with E-state index in [1.165, 1.54) is 12.2 Å². The lowest BCUT2D eigenvalue weighted by Gasteiger charge is -2.40. The van der Waals surface area contributed by atoms with Crippen LogP contribution in [0.4, 0.5) is 0 Å². The summed E-state index contributed by atoms with van der Waals surface area (Å²) in [5.41, 5.74) is 0. The average molecular weight is 396 g/mol. The second-order valence-corrected chi connectivity index (χ2v) is 6.07. The predicted octanol–water partition coefficient (Wildman–Crippen LogP) is -1.55. The predicted molar refractivity (Wildman–Crippen MR) is 100 cm³/mol. The topological polar surface area (TPSA) is 140 Å². The van der Waals surface area contributed by atoms with Crippen molar-refractivity contribution in [1.29, 1.82) is 0 Å². The first kappa shape index (κ1) is 24.3. The van der Waals surface area contributed by atoms with Gasteiger partial charge in [-0.05, 0) is 43.3 Å². The van der Waals surface area contributed by atoms with Crippen molar-refractivity contribution in [2.45, 2.75) is 56.1 Å². The summed E-state index contributed by atoms with van der Waals surface area (Å²) in [6, 6.07) is 0. The number of rotatable bonds is 9. The van der Waals surface area contributed by atoms with Gasteiger partial charge in [-0.2, -0.15) is 0 Å². The van der Waals surface area contributed by atoms with Gasteiger partial charge in [0.1, 0.15) is 24.4 Å². The van der Waals surface area contributed by atoms with Crippen molar-refractivity contribution in [3.63, 3.8) is 0 Å². The molecule has 1 aliphatic rings. The van der Waals surface area contributed by atoms with Crippen LogP contribution in [-0.4, -0.2) is 87.3 Å². The van der Waals surface area contributed by atoms with Crippen LogP contribution in [0.15, 0.2) is 24.3 Å². The molecule has 0 aromatic carbocycles. The van der Waals surface area contributed by atoms with Crippen LogP contribution in [-0.2, 0) is 9.47 Å². The lowest BCUT2D eigenvalue weighted by atomic mass is 9.99. The molecular weight excluding hydrogens is 368 g/mol. The maximum atomic E-state index is 10.0. The summed E-state index contributed by atoms with van der Waals surface area (Å²) in [5, 5.41) is 56.5. The zero-order chi connectivity index (χ0) is 20.8. The smallest absolute Gasteiger partial charge is 0.186 e. The van der Waals surface area contributed by atoms with E-state index >= 15 is 0 Å². The third kappa shape index (κ3) is 8.53. The molecule has 1 fully saturated rings. The Hall–Kier alpha value is -1.72. The SMILES string of the molecule is OC/C=C/C#CC#C/C=C/CC[C@@H](CCO)OC1OC(CO)C(O)C(O)C1O. The highest BCUT2D eigenvalue weighted by molar-refractivity contribution is 5.33. The largest absolute Gasteiger partial charge is 0.396 e. The van der Waals surface area contributed by atoms with Gasteiger partial charge in [-0.3, -0.25) is 0 Å². The molecule has 6 atom stereocenters. The molecule has 0 spiro atoms. The first-order valence-corrected chi connectivity index (χ1v) is 9.03. The van der Waals surface area contributed by atoms with Gasteiger partial charge in [-0.15, -0.1) is 0 Å². The van der Waals surface area contributed by atoms with Crippen LogP contribution < -0.4 is 0 Å². The molecule has 6 N–H and O–H groups in total. The molecule has 5 unspecified atom stereocenters. The Morgan fingerprint density at radius 1 is 0.893 bits per heavy atom. The molecule has 1 rings (SSSR count). The average Bonchev–Trinajstić information content (AvgIpc) is 2.69. The van der Waals surface area contributed by atoms with Crippen LogP contribution >= 0.6 is 0 Å². The lowest BCUT2D eigenvalue weighted by Crippen LogP contribution is -2.59. The molecule has 28 heavy (non-hydrogen) atoms. The Balaban J connectivity index is 2.52. The molecule has 0 saturated carbocycles. The Labute approximate surface area is 164 Å². The summed E-state index contributed by atoms with van der Waals surface area (Å²) in [6.45, 7) is -0.736. The molecule has 0 radical (unpaired) electrons. The van der Waals surface area contributed by atoms with Crippen LogP contribution in [0.25, 0.3) is 0 Å². The van der Waals surface area contributed by atoms with Gasteiger partial charge in [0, 0.05) is 6.61 Å². The van der Waals surface area contributed by atoms with Gasteiger partial charge in [-0.25, -0.2) is 0 Å². The molecule has 0 aromatic heterocycles. The van der Waals surface area contributed by atoms with Crippen molar-refractivity contribution in [2.75, 3.05) is 19.8 Å². The van der Waals surface area contributed by atoms with E-state index in [0.717, 1.165) is 0 Å². The van der Waals surface area contributed by atoms with Crippen molar-refractivity contribution in [1.82, 2.24) is 0 Å². The number of aliphatic hydroxyl groups excluding tert-OH is 6. The molecule has 0 amide bonds. The van der Waals surface area contributed by atoms with E-state index in [1.54, 1.807) is 12.2 Å². The first-order chi connectivity index (χ1) is 13.5. The minimum atomic E-state index is -1.51. The van der Waals surface area contributed by atoms with Crippen molar-refractivity contribution >= 4 is 0 Å². The Kier molecular flexibility index (Phi) is 12.4. The minimum Gasteiger partial charge on any atom is -0.396 e. The maximum absolute atomic E-state index is 10.0. The number of aliphatic hydroxyl groups is 6. The molecule has 0 aliphatic carbocycles. The number of hydrogen-bond donors (Lipinski definition) is 6. The normalized spacial score (nSPS) is 28.6. The van der Waals surface area contributed by atoms with Crippen LogP contribution in [0.3, 0.4) is 0 Å². The summed E-state index contributed by atoms with van der Waals surface area (Å²) in [5.74, 6) is 10.6. The molecule has 8 heteroatoms. The molecule has 156 valence electrons. The number of hydrogen-bond acceptors (Lipinski definition) is 8. The van der Waals surface area contributed by atoms with Crippen molar-refractivity contribution < 1.29 is 40.1 Å². The van der Waals surface area contributed by atoms with Gasteiger partial charge in [0.15, 0.2) is 6.29 Å². The zero-order valence-corrected chi connectivity index (χ0v) is 15.5. The third-order valence-electron chi connectivity index (χ3n) is 4.00. The van der Waals surface area contributed by atoms with Gasteiger partial charge < -0.3 is 40.1 Å². The first-order valence-electron chi connectivity index (χ1n) is 9.03. The molecule has 0 bridgehead atoms. The third-order valence-corrected chi connectivity index (χ3v) is 4.00. The van der Waals surface area contributed by atoms with Gasteiger partial charge >= 0.3 is 0 Å². The molecule has 8 nitrogen and oxygen atoms in total. The van der Waals surface area contributed by atoms with Crippen molar-refractivity contribution in [2.24, 2.45) is 0 Å². The second-order valence-electron chi connectivity index (χ2n) is 6.07. The van der Waals surface area contributed by atoms with Gasteiger partial charge in [-0.1, -0.05) is 24.0 Å². The standard InChI is InChI=1S/C20H28O8/c21-12-9-7-5-3-1-2-4-6-8-10-15(11-13-22)27-20-19(26)18(25)17(24)16(14-23)28-20/h4,6-7,9,15-26H,8,10-14H2/b6-4+,9-7+/t15-,16?,17?,18?,19?,20?/m0/s1. The van der Waals surface area contributed by atoms with Gasteiger partial charge in [0.2, 0.25) is 0 Å². The van der Waals surface area contributed by atoms with E-state index in [4.69, 9.17) is 14.6 Å². The quantitative estimate of drug-likeness (QED) is 0.257. The van der Waals surface area contributed by atoms with Crippen molar-refractivity contribution in [3.05, 3.63) is 24.3 Å². The molecule has 1 heterocycles. The monoisotopic (exact) mass is 396 g/mol.